The second kappa shape index (κ2) is 10.7. The average molecular weight is 541 g/mol. The lowest BCUT2D eigenvalue weighted by atomic mass is 10.0. The normalized spacial score (nSPS) is 11.0. The molecular weight excluding hydrogens is 524 g/mol. The summed E-state index contributed by atoms with van der Waals surface area (Å²) in [7, 11) is 1.47. The summed E-state index contributed by atoms with van der Waals surface area (Å²) in [6.45, 7) is 1.71. The van der Waals surface area contributed by atoms with Crippen LogP contribution in [-0.2, 0) is 4.79 Å². The topological polar surface area (TPSA) is 126 Å². The van der Waals surface area contributed by atoms with E-state index in [0.29, 0.717) is 44.2 Å². The van der Waals surface area contributed by atoms with Crippen molar-refractivity contribution in [3.05, 3.63) is 70.5 Å². The first-order valence-electron chi connectivity index (χ1n) is 10.2. The van der Waals surface area contributed by atoms with E-state index in [-0.39, 0.29) is 11.6 Å². The Labute approximate surface area is 211 Å². The quantitative estimate of drug-likeness (QED) is 0.358. The highest BCUT2D eigenvalue weighted by Crippen LogP contribution is 2.34. The Kier molecular flexibility index (Phi) is 7.92. The molecule has 0 aliphatic heterocycles. The summed E-state index contributed by atoms with van der Waals surface area (Å²) in [6.07, 6.45) is -5.19. The van der Waals surface area contributed by atoms with Crippen molar-refractivity contribution in [1.82, 2.24) is 4.98 Å². The van der Waals surface area contributed by atoms with Crippen LogP contribution in [0.1, 0.15) is 15.9 Å². The molecule has 13 heteroatoms. The van der Waals surface area contributed by atoms with Gasteiger partial charge in [0.1, 0.15) is 23.3 Å². The molecule has 0 saturated heterocycles. The van der Waals surface area contributed by atoms with Crippen molar-refractivity contribution in [1.29, 1.82) is 0 Å². The molecule has 1 heterocycles. The number of carboxylic acids is 2. The van der Waals surface area contributed by atoms with Gasteiger partial charge in [0.2, 0.25) is 0 Å². The fourth-order valence-corrected chi connectivity index (χ4v) is 3.43. The zero-order chi connectivity index (χ0) is 27.5. The van der Waals surface area contributed by atoms with E-state index in [2.05, 4.69) is 9.97 Å². The van der Waals surface area contributed by atoms with Crippen LogP contribution in [0.15, 0.2) is 48.5 Å². The van der Waals surface area contributed by atoms with Gasteiger partial charge in [-0.05, 0) is 42.8 Å². The number of nitrogens with one attached hydrogen (secondary N) is 2. The van der Waals surface area contributed by atoms with E-state index in [1.54, 1.807) is 43.3 Å². The Hall–Kier alpha value is -4.32. The number of aromatic amines is 2. The lowest BCUT2D eigenvalue weighted by Crippen LogP contribution is -2.37. The van der Waals surface area contributed by atoms with E-state index in [1.165, 1.54) is 19.2 Å². The van der Waals surface area contributed by atoms with Crippen LogP contribution in [0.3, 0.4) is 0 Å². The van der Waals surface area contributed by atoms with E-state index < -0.39 is 23.9 Å². The molecule has 0 spiro atoms. The molecule has 0 unspecified atom stereocenters. The van der Waals surface area contributed by atoms with Crippen LogP contribution in [0.2, 0.25) is 5.02 Å². The molecule has 3 N–H and O–H groups in total. The van der Waals surface area contributed by atoms with E-state index in [4.69, 9.17) is 31.0 Å². The first-order chi connectivity index (χ1) is 17.3. The molecule has 0 bridgehead atoms. The summed E-state index contributed by atoms with van der Waals surface area (Å²) in [5.74, 6) is -3.73. The standard InChI is InChI=1S/C22H16ClFN2O4.C2HF3O2/c1-11-3-4-13(7-15(11)21(27)28)30-22-25-19-9-16(17(23)10-20(19)26-22)14-6-5-12(29-2)8-18(14)24;3-2(4,5)1(6)7/h3-10H,1-2H3,(H,25,26)(H,27,28);(H,6,7). The van der Waals surface area contributed by atoms with Gasteiger partial charge in [0.05, 0.1) is 17.7 Å². The van der Waals surface area contributed by atoms with Crippen molar-refractivity contribution < 1.29 is 51.8 Å². The number of methoxy groups -OCH3 is 1. The van der Waals surface area contributed by atoms with Crippen LogP contribution in [0.25, 0.3) is 22.2 Å². The van der Waals surface area contributed by atoms with Gasteiger partial charge >= 0.3 is 18.2 Å². The minimum Gasteiger partial charge on any atom is -0.542 e. The second-order valence-corrected chi connectivity index (χ2v) is 7.88. The number of carbonyl (C=O) groups is 2. The SMILES string of the molecule is COc1ccc(-c2cc3[nH+]c(Oc4ccc(C)c(C(=O)O)c4)[nH]c3cc2Cl)c(F)c1.O=C([O-])C(F)(F)F. The van der Waals surface area contributed by atoms with Crippen molar-refractivity contribution in [2.45, 2.75) is 13.1 Å². The molecular formula is C24H17ClF4N2O6. The number of ether oxygens (including phenoxy) is 2. The van der Waals surface area contributed by atoms with Gasteiger partial charge in [-0.2, -0.15) is 13.2 Å². The predicted octanol–water partition coefficient (Wildman–Crippen LogP) is 4.55. The number of aliphatic carboxylic acids is 1. The number of fused-ring (bicyclic) bond motifs is 1. The Morgan fingerprint density at radius 2 is 1.70 bits per heavy atom. The molecule has 0 aliphatic rings. The highest BCUT2D eigenvalue weighted by Gasteiger charge is 2.28. The zero-order valence-corrected chi connectivity index (χ0v) is 19.8. The lowest BCUT2D eigenvalue weighted by molar-refractivity contribution is -0.359. The summed E-state index contributed by atoms with van der Waals surface area (Å²) < 4.78 is 56.8. The smallest absolute Gasteiger partial charge is 0.458 e. The maximum atomic E-state index is 14.5. The summed E-state index contributed by atoms with van der Waals surface area (Å²) in [4.78, 5) is 26.2. The number of H-pyrrole nitrogens is 2. The summed E-state index contributed by atoms with van der Waals surface area (Å²) in [6, 6.07) is 13.0. The number of hydrogen-bond acceptors (Lipinski definition) is 5. The van der Waals surface area contributed by atoms with Crippen LogP contribution in [0.4, 0.5) is 17.6 Å². The monoisotopic (exact) mass is 540 g/mol. The van der Waals surface area contributed by atoms with E-state index in [1.807, 2.05) is 0 Å². The summed E-state index contributed by atoms with van der Waals surface area (Å²) in [5, 5.41) is 18.4. The molecule has 0 amide bonds. The number of benzene rings is 3. The van der Waals surface area contributed by atoms with Gasteiger partial charge in [-0.3, -0.25) is 0 Å². The third-order valence-electron chi connectivity index (χ3n) is 4.96. The number of imidazole rings is 1. The second-order valence-electron chi connectivity index (χ2n) is 7.47. The number of alkyl halides is 3. The summed E-state index contributed by atoms with van der Waals surface area (Å²) in [5.41, 5.74) is 2.93. The maximum absolute atomic E-state index is 14.5. The van der Waals surface area contributed by atoms with E-state index in [0.717, 1.165) is 0 Å². The van der Waals surface area contributed by atoms with Crippen LogP contribution >= 0.6 is 11.6 Å². The number of aromatic carboxylic acids is 1. The molecule has 0 saturated carbocycles. The Morgan fingerprint density at radius 1 is 1.05 bits per heavy atom. The van der Waals surface area contributed by atoms with Gasteiger partial charge in [0.25, 0.3) is 0 Å². The molecule has 0 atom stereocenters. The number of hydrogen-bond donors (Lipinski definition) is 2. The zero-order valence-electron chi connectivity index (χ0n) is 19.0. The number of carbonyl (C=O) groups excluding carboxylic acids is 1. The number of halogens is 5. The highest BCUT2D eigenvalue weighted by atomic mass is 35.5. The van der Waals surface area contributed by atoms with Crippen molar-refractivity contribution >= 4 is 34.6 Å². The Bertz CT molecular complexity index is 1490. The number of aromatic nitrogens is 2. The Morgan fingerprint density at radius 3 is 2.27 bits per heavy atom. The molecule has 8 nitrogen and oxygen atoms in total. The molecule has 0 radical (unpaired) electrons. The first-order valence-corrected chi connectivity index (χ1v) is 10.6. The largest absolute Gasteiger partial charge is 0.542 e. The third-order valence-corrected chi connectivity index (χ3v) is 5.27. The predicted molar refractivity (Wildman–Crippen MR) is 121 cm³/mol. The average Bonchev–Trinajstić information content (AvgIpc) is 3.20. The minimum atomic E-state index is -5.19. The number of aryl methyl sites for hydroxylation is 1. The third kappa shape index (κ3) is 6.47. The van der Waals surface area contributed by atoms with Crippen molar-refractivity contribution in [2.24, 2.45) is 0 Å². The van der Waals surface area contributed by atoms with Gasteiger partial charge in [0, 0.05) is 23.3 Å². The van der Waals surface area contributed by atoms with E-state index in [9.17, 15) is 27.5 Å². The van der Waals surface area contributed by atoms with Crippen LogP contribution in [-0.4, -0.2) is 35.3 Å². The maximum Gasteiger partial charge on any atom is 0.458 e. The van der Waals surface area contributed by atoms with Gasteiger partial charge < -0.3 is 24.5 Å². The fourth-order valence-electron chi connectivity index (χ4n) is 3.17. The Balaban J connectivity index is 0.000000479. The van der Waals surface area contributed by atoms with Crippen molar-refractivity contribution in [3.8, 4) is 28.6 Å². The minimum absolute atomic E-state index is 0.156. The lowest BCUT2D eigenvalue weighted by Gasteiger charge is -2.07. The van der Waals surface area contributed by atoms with Gasteiger partial charge in [-0.1, -0.05) is 17.7 Å². The molecule has 194 valence electrons. The molecule has 37 heavy (non-hydrogen) atoms. The van der Waals surface area contributed by atoms with Crippen LogP contribution in [0.5, 0.6) is 17.5 Å². The van der Waals surface area contributed by atoms with Gasteiger partial charge in [-0.15, -0.1) is 0 Å². The van der Waals surface area contributed by atoms with Crippen molar-refractivity contribution in [2.75, 3.05) is 7.11 Å². The van der Waals surface area contributed by atoms with E-state index >= 15 is 0 Å². The van der Waals surface area contributed by atoms with Gasteiger partial charge in [-0.25, -0.2) is 19.2 Å². The number of rotatable bonds is 5. The van der Waals surface area contributed by atoms with Crippen LogP contribution < -0.4 is 19.6 Å². The molecule has 4 rings (SSSR count). The molecule has 4 aromatic rings. The number of carboxylic acid groups (broad SMARTS) is 2. The fraction of sp³-hybridized carbons (Fsp3) is 0.125. The first kappa shape index (κ1) is 27.3. The molecule has 0 aliphatic carbocycles. The summed E-state index contributed by atoms with van der Waals surface area (Å²) >= 11 is 6.39. The van der Waals surface area contributed by atoms with Crippen LogP contribution in [0, 0.1) is 12.7 Å². The van der Waals surface area contributed by atoms with Crippen molar-refractivity contribution in [3.63, 3.8) is 0 Å². The molecule has 1 aromatic heterocycles. The molecule has 0 fully saturated rings. The molecule has 3 aromatic carbocycles. The van der Waals surface area contributed by atoms with Gasteiger partial charge in [0.15, 0.2) is 11.0 Å². The highest BCUT2D eigenvalue weighted by molar-refractivity contribution is 6.34.